The molecule has 126 valence electrons. The molecule has 0 saturated carbocycles. The summed E-state index contributed by atoms with van der Waals surface area (Å²) in [6.45, 7) is 0. The van der Waals surface area contributed by atoms with Crippen LogP contribution < -0.4 is 11.5 Å². The van der Waals surface area contributed by atoms with Gasteiger partial charge in [0.05, 0.1) is 10.7 Å². The molecule has 3 rings (SSSR count). The fraction of sp³-hybridized carbons (Fsp3) is 0. The number of hydrogen-bond donors (Lipinski definition) is 2. The third kappa shape index (κ3) is 3.40. The van der Waals surface area contributed by atoms with Gasteiger partial charge in [-0.2, -0.15) is 4.99 Å². The van der Waals surface area contributed by atoms with Gasteiger partial charge in [0, 0.05) is 33.1 Å². The van der Waals surface area contributed by atoms with Gasteiger partial charge in [-0.3, -0.25) is 9.78 Å². The number of aliphatic imine (C=N–C) groups is 1. The average Bonchev–Trinajstić information content (AvgIpc) is 2.55. The number of halogens is 3. The van der Waals surface area contributed by atoms with Crippen molar-refractivity contribution in [1.29, 1.82) is 0 Å². The van der Waals surface area contributed by atoms with Crippen molar-refractivity contribution in [3.8, 4) is 11.3 Å². The highest BCUT2D eigenvalue weighted by Gasteiger charge is 2.15. The minimum absolute atomic E-state index is 0.223. The lowest BCUT2D eigenvalue weighted by Gasteiger charge is -2.10. The summed E-state index contributed by atoms with van der Waals surface area (Å²) >= 11 is 12.0. The lowest BCUT2D eigenvalue weighted by Crippen LogP contribution is -2.24. The standard InChI is InChI=1S/C17H11Cl2FN4O/c18-9-2-4-11(14(20)6-9)15-12-5-8(16(25)24-17(21)22)1-3-10(12)13(19)7-23-15/h1-7H,(H4,21,22,24,25). The van der Waals surface area contributed by atoms with E-state index in [1.165, 1.54) is 30.5 Å². The Morgan fingerprint density at radius 1 is 1.08 bits per heavy atom. The Balaban J connectivity index is 2.27. The van der Waals surface area contributed by atoms with Gasteiger partial charge in [-0.1, -0.05) is 29.3 Å². The van der Waals surface area contributed by atoms with E-state index < -0.39 is 11.7 Å². The summed E-state index contributed by atoms with van der Waals surface area (Å²) in [7, 11) is 0. The van der Waals surface area contributed by atoms with Crippen molar-refractivity contribution in [2.45, 2.75) is 0 Å². The molecule has 1 aromatic heterocycles. The van der Waals surface area contributed by atoms with E-state index in [2.05, 4.69) is 9.98 Å². The quantitative estimate of drug-likeness (QED) is 0.525. The maximum Gasteiger partial charge on any atom is 0.280 e. The van der Waals surface area contributed by atoms with Crippen molar-refractivity contribution < 1.29 is 9.18 Å². The van der Waals surface area contributed by atoms with Crippen LogP contribution in [0.4, 0.5) is 4.39 Å². The number of nitrogens with zero attached hydrogens (tertiary/aromatic N) is 2. The summed E-state index contributed by atoms with van der Waals surface area (Å²) in [5.74, 6) is -1.51. The highest BCUT2D eigenvalue weighted by atomic mass is 35.5. The zero-order valence-electron chi connectivity index (χ0n) is 12.6. The lowest BCUT2D eigenvalue weighted by molar-refractivity contribution is 0.100. The molecule has 1 heterocycles. The van der Waals surface area contributed by atoms with Crippen molar-refractivity contribution in [2.24, 2.45) is 16.5 Å². The molecule has 0 bridgehead atoms. The Kier molecular flexibility index (Phi) is 4.57. The summed E-state index contributed by atoms with van der Waals surface area (Å²) in [5.41, 5.74) is 11.3. The summed E-state index contributed by atoms with van der Waals surface area (Å²) in [5, 5.41) is 1.74. The molecule has 0 aliphatic heterocycles. The molecule has 25 heavy (non-hydrogen) atoms. The van der Waals surface area contributed by atoms with Gasteiger partial charge in [0.1, 0.15) is 5.82 Å². The van der Waals surface area contributed by atoms with Gasteiger partial charge in [-0.05, 0) is 30.3 Å². The van der Waals surface area contributed by atoms with Gasteiger partial charge >= 0.3 is 0 Å². The number of aromatic nitrogens is 1. The molecule has 1 amide bonds. The second kappa shape index (κ2) is 6.66. The second-order valence-electron chi connectivity index (χ2n) is 5.18. The first-order valence-electron chi connectivity index (χ1n) is 7.04. The highest BCUT2D eigenvalue weighted by Crippen LogP contribution is 2.33. The summed E-state index contributed by atoms with van der Waals surface area (Å²) < 4.78 is 14.3. The number of guanidine groups is 1. The van der Waals surface area contributed by atoms with Crippen molar-refractivity contribution in [3.63, 3.8) is 0 Å². The zero-order valence-corrected chi connectivity index (χ0v) is 14.1. The number of nitrogens with two attached hydrogens (primary N) is 2. The van der Waals surface area contributed by atoms with Crippen LogP contribution in [-0.2, 0) is 0 Å². The molecule has 2 aromatic carbocycles. The Bertz CT molecular complexity index is 1030. The molecule has 0 saturated heterocycles. The van der Waals surface area contributed by atoms with E-state index in [9.17, 15) is 9.18 Å². The molecular formula is C17H11Cl2FN4O. The van der Waals surface area contributed by atoms with Gasteiger partial charge in [-0.25, -0.2) is 4.39 Å². The van der Waals surface area contributed by atoms with Crippen LogP contribution in [0.1, 0.15) is 10.4 Å². The number of rotatable bonds is 2. The fourth-order valence-electron chi connectivity index (χ4n) is 2.42. The predicted molar refractivity (Wildman–Crippen MR) is 97.3 cm³/mol. The van der Waals surface area contributed by atoms with E-state index in [0.717, 1.165) is 0 Å². The molecule has 4 N–H and O–H groups in total. The van der Waals surface area contributed by atoms with Gasteiger partial charge in [0.2, 0.25) is 0 Å². The highest BCUT2D eigenvalue weighted by molar-refractivity contribution is 6.36. The van der Waals surface area contributed by atoms with Crippen LogP contribution in [-0.4, -0.2) is 16.9 Å². The number of fused-ring (bicyclic) bond motifs is 1. The molecule has 0 aliphatic carbocycles. The molecular weight excluding hydrogens is 366 g/mol. The monoisotopic (exact) mass is 376 g/mol. The van der Waals surface area contributed by atoms with E-state index >= 15 is 0 Å². The molecule has 0 fully saturated rings. The van der Waals surface area contributed by atoms with Crippen LogP contribution in [0.3, 0.4) is 0 Å². The minimum atomic E-state index is -0.621. The number of carbonyl (C=O) groups is 1. The lowest BCUT2D eigenvalue weighted by atomic mass is 10.0. The molecule has 0 atom stereocenters. The predicted octanol–water partition coefficient (Wildman–Crippen LogP) is 3.76. The SMILES string of the molecule is NC(N)=NC(=O)c1ccc2c(Cl)cnc(-c3ccc(Cl)cc3F)c2c1. The maximum atomic E-state index is 14.3. The van der Waals surface area contributed by atoms with Crippen molar-refractivity contribution in [2.75, 3.05) is 0 Å². The van der Waals surface area contributed by atoms with E-state index in [1.54, 1.807) is 12.1 Å². The van der Waals surface area contributed by atoms with Gasteiger partial charge in [0.15, 0.2) is 5.96 Å². The van der Waals surface area contributed by atoms with Gasteiger partial charge < -0.3 is 11.5 Å². The minimum Gasteiger partial charge on any atom is -0.370 e. The zero-order chi connectivity index (χ0) is 18.1. The topological polar surface area (TPSA) is 94.4 Å². The number of carbonyl (C=O) groups excluding carboxylic acids is 1. The molecule has 0 radical (unpaired) electrons. The molecule has 5 nitrogen and oxygen atoms in total. The third-order valence-corrected chi connectivity index (χ3v) is 4.04. The summed E-state index contributed by atoms with van der Waals surface area (Å²) in [6.07, 6.45) is 1.42. The number of amides is 1. The van der Waals surface area contributed by atoms with Crippen LogP contribution in [0, 0.1) is 5.82 Å². The molecule has 0 unspecified atom stereocenters. The van der Waals surface area contributed by atoms with Gasteiger partial charge in [0.25, 0.3) is 5.91 Å². The van der Waals surface area contributed by atoms with E-state index in [4.69, 9.17) is 34.7 Å². The summed E-state index contributed by atoms with van der Waals surface area (Å²) in [4.78, 5) is 19.8. The first-order valence-corrected chi connectivity index (χ1v) is 7.80. The van der Waals surface area contributed by atoms with Crippen LogP contribution in [0.25, 0.3) is 22.0 Å². The smallest absolute Gasteiger partial charge is 0.280 e. The van der Waals surface area contributed by atoms with Crippen molar-refractivity contribution in [1.82, 2.24) is 4.98 Å². The number of benzene rings is 2. The largest absolute Gasteiger partial charge is 0.370 e. The number of pyridine rings is 1. The van der Waals surface area contributed by atoms with E-state index in [0.29, 0.717) is 21.5 Å². The second-order valence-corrected chi connectivity index (χ2v) is 6.02. The Morgan fingerprint density at radius 3 is 2.52 bits per heavy atom. The number of hydrogen-bond acceptors (Lipinski definition) is 2. The van der Waals surface area contributed by atoms with Crippen LogP contribution in [0.2, 0.25) is 10.0 Å². The van der Waals surface area contributed by atoms with E-state index in [-0.39, 0.29) is 22.1 Å². The average molecular weight is 377 g/mol. The first-order chi connectivity index (χ1) is 11.9. The maximum absolute atomic E-state index is 14.3. The third-order valence-electron chi connectivity index (χ3n) is 3.50. The Hall–Kier alpha value is -2.70. The van der Waals surface area contributed by atoms with Crippen LogP contribution >= 0.6 is 23.2 Å². The van der Waals surface area contributed by atoms with Crippen LogP contribution in [0.5, 0.6) is 0 Å². The molecule has 8 heteroatoms. The van der Waals surface area contributed by atoms with Crippen molar-refractivity contribution >= 4 is 45.8 Å². The molecule has 0 aliphatic rings. The fourth-order valence-corrected chi connectivity index (χ4v) is 2.79. The normalized spacial score (nSPS) is 10.7. The van der Waals surface area contributed by atoms with Crippen molar-refractivity contribution in [3.05, 3.63) is 64.0 Å². The Labute approximate surface area is 152 Å². The Morgan fingerprint density at radius 2 is 1.84 bits per heavy atom. The van der Waals surface area contributed by atoms with E-state index in [1.807, 2.05) is 0 Å². The molecule has 3 aromatic rings. The van der Waals surface area contributed by atoms with Crippen LogP contribution in [0.15, 0.2) is 47.6 Å². The van der Waals surface area contributed by atoms with Gasteiger partial charge in [-0.15, -0.1) is 0 Å². The first kappa shape index (κ1) is 17.1. The summed E-state index contributed by atoms with van der Waals surface area (Å²) in [6, 6.07) is 8.94. The molecule has 0 spiro atoms.